The number of benzene rings is 2. The molecule has 1 heterocycles. The summed E-state index contributed by atoms with van der Waals surface area (Å²) in [6, 6.07) is 13.9. The molecule has 1 amide bonds. The van der Waals surface area contributed by atoms with Gasteiger partial charge in [-0.05, 0) is 36.2 Å². The van der Waals surface area contributed by atoms with Crippen molar-refractivity contribution in [1.82, 2.24) is 9.99 Å². The van der Waals surface area contributed by atoms with Crippen molar-refractivity contribution in [1.29, 1.82) is 0 Å². The molecule has 0 atom stereocenters. The molecule has 7 heteroatoms. The number of para-hydroxylation sites is 1. The summed E-state index contributed by atoms with van der Waals surface area (Å²) in [6.45, 7) is 2.37. The molecule has 2 N–H and O–H groups in total. The van der Waals surface area contributed by atoms with Crippen LogP contribution in [0, 0.1) is 0 Å². The summed E-state index contributed by atoms with van der Waals surface area (Å²) in [4.78, 5) is 25.3. The fourth-order valence-corrected chi connectivity index (χ4v) is 3.05. The fraction of sp³-hybridized carbons (Fsp3) is 0.150. The number of fused-ring (bicyclic) bond motifs is 1. The number of pyridine rings is 1. The van der Waals surface area contributed by atoms with E-state index in [0.29, 0.717) is 34.5 Å². The first kappa shape index (κ1) is 18.7. The van der Waals surface area contributed by atoms with Gasteiger partial charge in [-0.25, -0.2) is 5.43 Å². The monoisotopic (exact) mass is 383 g/mol. The van der Waals surface area contributed by atoms with Crippen molar-refractivity contribution < 1.29 is 9.90 Å². The molecule has 0 spiro atoms. The molecule has 0 bridgehead atoms. The van der Waals surface area contributed by atoms with E-state index < -0.39 is 11.5 Å². The van der Waals surface area contributed by atoms with Crippen LogP contribution in [0.2, 0.25) is 5.02 Å². The molecule has 0 saturated heterocycles. The molecule has 0 aliphatic heterocycles. The number of nitrogens with one attached hydrogen (secondary N) is 1. The summed E-state index contributed by atoms with van der Waals surface area (Å²) in [7, 11) is 0. The Kier molecular flexibility index (Phi) is 5.57. The zero-order valence-electron chi connectivity index (χ0n) is 14.6. The number of hydrazone groups is 1. The minimum absolute atomic E-state index is 0.328. The quantitative estimate of drug-likeness (QED) is 0.522. The lowest BCUT2D eigenvalue weighted by Crippen LogP contribution is -2.31. The average molecular weight is 384 g/mol. The van der Waals surface area contributed by atoms with Gasteiger partial charge in [0.05, 0.1) is 11.7 Å². The second kappa shape index (κ2) is 8.05. The third-order valence-corrected chi connectivity index (χ3v) is 4.28. The van der Waals surface area contributed by atoms with Crippen molar-refractivity contribution in [3.8, 4) is 5.75 Å². The number of hydrogen-bond donors (Lipinski definition) is 2. The maximum atomic E-state index is 12.8. The van der Waals surface area contributed by atoms with E-state index in [4.69, 9.17) is 11.6 Å². The number of aromatic hydroxyl groups is 1. The first-order chi connectivity index (χ1) is 13.0. The third-order valence-electron chi connectivity index (χ3n) is 4.05. The van der Waals surface area contributed by atoms with Crippen molar-refractivity contribution in [2.24, 2.45) is 5.10 Å². The SMILES string of the molecule is CCCn1c(=O)c(C(=O)N/N=C/c2cccc(Cl)c2)c(O)c2ccccc21. The number of carbonyl (C=O) groups excluding carboxylic acids is 1. The molecule has 2 aromatic carbocycles. The molecule has 3 aromatic rings. The van der Waals surface area contributed by atoms with Crippen LogP contribution in [0.5, 0.6) is 5.75 Å². The number of hydrogen-bond acceptors (Lipinski definition) is 4. The average Bonchev–Trinajstić information content (AvgIpc) is 2.65. The number of aromatic nitrogens is 1. The fourth-order valence-electron chi connectivity index (χ4n) is 2.85. The summed E-state index contributed by atoms with van der Waals surface area (Å²) in [5.41, 5.74) is 2.69. The number of nitrogens with zero attached hydrogens (tertiary/aromatic N) is 2. The van der Waals surface area contributed by atoms with Crippen LogP contribution >= 0.6 is 11.6 Å². The van der Waals surface area contributed by atoms with E-state index in [2.05, 4.69) is 10.5 Å². The van der Waals surface area contributed by atoms with Crippen LogP contribution in [0.3, 0.4) is 0 Å². The number of rotatable bonds is 5. The van der Waals surface area contributed by atoms with E-state index in [1.165, 1.54) is 10.8 Å². The lowest BCUT2D eigenvalue weighted by molar-refractivity contribution is 0.0950. The van der Waals surface area contributed by atoms with Gasteiger partial charge in [-0.2, -0.15) is 5.10 Å². The Morgan fingerprint density at radius 2 is 2.04 bits per heavy atom. The van der Waals surface area contributed by atoms with Gasteiger partial charge in [0.1, 0.15) is 11.3 Å². The molecular weight excluding hydrogens is 366 g/mol. The van der Waals surface area contributed by atoms with Gasteiger partial charge in [-0.3, -0.25) is 9.59 Å². The first-order valence-corrected chi connectivity index (χ1v) is 8.84. The van der Waals surface area contributed by atoms with Gasteiger partial charge in [-0.15, -0.1) is 0 Å². The molecule has 6 nitrogen and oxygen atoms in total. The maximum absolute atomic E-state index is 12.8. The van der Waals surface area contributed by atoms with Crippen LogP contribution in [0.25, 0.3) is 10.9 Å². The van der Waals surface area contributed by atoms with Crippen LogP contribution in [0.15, 0.2) is 58.4 Å². The molecule has 0 aliphatic rings. The van der Waals surface area contributed by atoms with E-state index >= 15 is 0 Å². The van der Waals surface area contributed by atoms with Gasteiger partial charge < -0.3 is 9.67 Å². The molecular formula is C20H18ClN3O3. The van der Waals surface area contributed by atoms with Gasteiger partial charge in [0.25, 0.3) is 11.5 Å². The minimum Gasteiger partial charge on any atom is -0.506 e. The van der Waals surface area contributed by atoms with Gasteiger partial charge in [-0.1, -0.05) is 42.8 Å². The van der Waals surface area contributed by atoms with Crippen LogP contribution in [0.1, 0.15) is 29.3 Å². The number of amides is 1. The smallest absolute Gasteiger partial charge is 0.280 e. The van der Waals surface area contributed by atoms with Gasteiger partial charge in [0, 0.05) is 17.0 Å². The van der Waals surface area contributed by atoms with Crippen LogP contribution in [0.4, 0.5) is 0 Å². The molecule has 27 heavy (non-hydrogen) atoms. The molecule has 0 unspecified atom stereocenters. The molecule has 138 valence electrons. The molecule has 3 rings (SSSR count). The normalized spacial score (nSPS) is 11.2. The Hall–Kier alpha value is -3.12. The minimum atomic E-state index is -0.772. The van der Waals surface area contributed by atoms with E-state index in [-0.39, 0.29) is 11.3 Å². The van der Waals surface area contributed by atoms with E-state index in [9.17, 15) is 14.7 Å². The third kappa shape index (κ3) is 3.85. The largest absolute Gasteiger partial charge is 0.506 e. The van der Waals surface area contributed by atoms with E-state index in [1.807, 2.05) is 6.92 Å². The Labute approximate surface area is 160 Å². The van der Waals surface area contributed by atoms with Crippen LogP contribution in [-0.2, 0) is 6.54 Å². The Balaban J connectivity index is 1.98. The summed E-state index contributed by atoms with van der Waals surface area (Å²) in [5, 5.41) is 15.3. The second-order valence-corrected chi connectivity index (χ2v) is 6.39. The van der Waals surface area contributed by atoms with Crippen molar-refractivity contribution in [2.45, 2.75) is 19.9 Å². The maximum Gasteiger partial charge on any atom is 0.280 e. The summed E-state index contributed by atoms with van der Waals surface area (Å²) in [5.74, 6) is -1.12. The predicted octanol–water partition coefficient (Wildman–Crippen LogP) is 3.53. The first-order valence-electron chi connectivity index (χ1n) is 8.46. The molecule has 1 aromatic heterocycles. The van der Waals surface area contributed by atoms with Crippen molar-refractivity contribution >= 4 is 34.6 Å². The van der Waals surface area contributed by atoms with Crippen molar-refractivity contribution in [2.75, 3.05) is 0 Å². The lowest BCUT2D eigenvalue weighted by atomic mass is 10.1. The molecule has 0 fully saturated rings. The van der Waals surface area contributed by atoms with Gasteiger partial charge in [0.2, 0.25) is 0 Å². The number of aryl methyl sites for hydroxylation is 1. The summed E-state index contributed by atoms with van der Waals surface area (Å²) >= 11 is 5.90. The Bertz CT molecular complexity index is 1090. The van der Waals surface area contributed by atoms with Crippen LogP contribution in [-0.4, -0.2) is 21.8 Å². The van der Waals surface area contributed by atoms with Gasteiger partial charge in [0.15, 0.2) is 0 Å². The van der Waals surface area contributed by atoms with Crippen molar-refractivity contribution in [3.63, 3.8) is 0 Å². The molecule has 0 radical (unpaired) electrons. The number of halogens is 1. The van der Waals surface area contributed by atoms with Crippen LogP contribution < -0.4 is 11.0 Å². The van der Waals surface area contributed by atoms with E-state index in [0.717, 1.165) is 0 Å². The zero-order chi connectivity index (χ0) is 19.4. The summed E-state index contributed by atoms with van der Waals surface area (Å²) < 4.78 is 1.49. The Morgan fingerprint density at radius 3 is 2.78 bits per heavy atom. The summed E-state index contributed by atoms with van der Waals surface area (Å²) in [6.07, 6.45) is 2.12. The standard InChI is InChI=1S/C20H18ClN3O3/c1-2-10-24-16-9-4-3-8-15(16)18(25)17(20(24)27)19(26)23-22-12-13-6-5-7-14(21)11-13/h3-9,11-12,25H,2,10H2,1H3,(H,23,26)/b22-12+. The molecule has 0 saturated carbocycles. The highest BCUT2D eigenvalue weighted by atomic mass is 35.5. The lowest BCUT2D eigenvalue weighted by Gasteiger charge is -2.13. The predicted molar refractivity (Wildman–Crippen MR) is 107 cm³/mol. The topological polar surface area (TPSA) is 83.7 Å². The van der Waals surface area contributed by atoms with E-state index in [1.54, 1.807) is 48.5 Å². The Morgan fingerprint density at radius 1 is 1.26 bits per heavy atom. The highest BCUT2D eigenvalue weighted by Gasteiger charge is 2.21. The highest BCUT2D eigenvalue weighted by Crippen LogP contribution is 2.26. The second-order valence-electron chi connectivity index (χ2n) is 5.95. The number of carbonyl (C=O) groups is 1. The van der Waals surface area contributed by atoms with Gasteiger partial charge >= 0.3 is 0 Å². The molecule has 0 aliphatic carbocycles. The highest BCUT2D eigenvalue weighted by molar-refractivity contribution is 6.30. The zero-order valence-corrected chi connectivity index (χ0v) is 15.4. The van der Waals surface area contributed by atoms with Crippen molar-refractivity contribution in [3.05, 3.63) is 75.0 Å².